The maximum absolute atomic E-state index is 6.03. The molecule has 2 rings (SSSR count). The zero-order valence-electron chi connectivity index (χ0n) is 10.9. The molecule has 0 saturated carbocycles. The molecule has 1 N–H and O–H groups in total. The molecule has 2 aromatic carbocycles. The Kier molecular flexibility index (Phi) is 5.44. The van der Waals surface area contributed by atoms with Crippen molar-refractivity contribution in [3.63, 3.8) is 0 Å². The lowest BCUT2D eigenvalue weighted by molar-refractivity contribution is 0.549. The standard InChI is InChI=1S/C16H17BrClN/c1-19-16(10-7-12-5-3-2-4-6-12)13-8-9-15(18)14(17)11-13/h2-6,8-9,11,16,19H,7,10H2,1H3. The van der Waals surface area contributed by atoms with Crippen LogP contribution < -0.4 is 5.32 Å². The van der Waals surface area contributed by atoms with Crippen LogP contribution in [0.4, 0.5) is 0 Å². The number of hydrogen-bond donors (Lipinski definition) is 1. The van der Waals surface area contributed by atoms with Gasteiger partial charge in [0.2, 0.25) is 0 Å². The smallest absolute Gasteiger partial charge is 0.0548 e. The average molecular weight is 339 g/mol. The summed E-state index contributed by atoms with van der Waals surface area (Å²) in [6.07, 6.45) is 2.13. The molecule has 1 atom stereocenters. The molecule has 0 heterocycles. The van der Waals surface area contributed by atoms with Crippen LogP contribution in [0.3, 0.4) is 0 Å². The summed E-state index contributed by atoms with van der Waals surface area (Å²) in [5.41, 5.74) is 2.63. The Balaban J connectivity index is 2.05. The fraction of sp³-hybridized carbons (Fsp3) is 0.250. The van der Waals surface area contributed by atoms with Gasteiger partial charge in [0.1, 0.15) is 0 Å². The van der Waals surface area contributed by atoms with Crippen LogP contribution in [0.25, 0.3) is 0 Å². The van der Waals surface area contributed by atoms with Crippen LogP contribution in [-0.2, 0) is 6.42 Å². The summed E-state index contributed by atoms with van der Waals surface area (Å²) >= 11 is 9.51. The summed E-state index contributed by atoms with van der Waals surface area (Å²) < 4.78 is 0.951. The summed E-state index contributed by atoms with van der Waals surface area (Å²) in [7, 11) is 2.00. The van der Waals surface area contributed by atoms with Crippen molar-refractivity contribution in [2.24, 2.45) is 0 Å². The molecule has 0 aromatic heterocycles. The number of hydrogen-bond acceptors (Lipinski definition) is 1. The summed E-state index contributed by atoms with van der Waals surface area (Å²) in [5, 5.41) is 4.12. The Morgan fingerprint density at radius 2 is 1.89 bits per heavy atom. The third kappa shape index (κ3) is 4.07. The van der Waals surface area contributed by atoms with E-state index in [-0.39, 0.29) is 0 Å². The molecule has 1 unspecified atom stereocenters. The number of aryl methyl sites for hydroxylation is 1. The van der Waals surface area contributed by atoms with Gasteiger partial charge in [0, 0.05) is 10.5 Å². The molecule has 19 heavy (non-hydrogen) atoms. The van der Waals surface area contributed by atoms with Crippen molar-refractivity contribution in [1.82, 2.24) is 5.32 Å². The molecule has 0 amide bonds. The van der Waals surface area contributed by atoms with Gasteiger partial charge in [0.05, 0.1) is 5.02 Å². The monoisotopic (exact) mass is 337 g/mol. The molecule has 0 saturated heterocycles. The maximum atomic E-state index is 6.03. The molecule has 3 heteroatoms. The number of benzene rings is 2. The van der Waals surface area contributed by atoms with E-state index in [9.17, 15) is 0 Å². The number of nitrogens with one attached hydrogen (secondary N) is 1. The third-order valence-electron chi connectivity index (χ3n) is 3.26. The van der Waals surface area contributed by atoms with E-state index in [0.29, 0.717) is 6.04 Å². The highest BCUT2D eigenvalue weighted by molar-refractivity contribution is 9.10. The summed E-state index contributed by atoms with van der Waals surface area (Å²) in [6, 6.07) is 17.0. The summed E-state index contributed by atoms with van der Waals surface area (Å²) in [5.74, 6) is 0. The van der Waals surface area contributed by atoms with Crippen LogP contribution in [0.1, 0.15) is 23.6 Å². The van der Waals surface area contributed by atoms with Gasteiger partial charge in [-0.15, -0.1) is 0 Å². The van der Waals surface area contributed by atoms with E-state index in [1.807, 2.05) is 13.1 Å². The lowest BCUT2D eigenvalue weighted by atomic mass is 9.99. The Morgan fingerprint density at radius 3 is 2.53 bits per heavy atom. The van der Waals surface area contributed by atoms with Crippen molar-refractivity contribution in [2.45, 2.75) is 18.9 Å². The van der Waals surface area contributed by atoms with E-state index >= 15 is 0 Å². The largest absolute Gasteiger partial charge is 0.313 e. The molecule has 0 spiro atoms. The zero-order chi connectivity index (χ0) is 13.7. The van der Waals surface area contributed by atoms with Crippen molar-refractivity contribution in [3.8, 4) is 0 Å². The fourth-order valence-corrected chi connectivity index (χ4v) is 2.68. The van der Waals surface area contributed by atoms with Gasteiger partial charge in [-0.1, -0.05) is 48.0 Å². The van der Waals surface area contributed by atoms with Crippen molar-refractivity contribution in [3.05, 3.63) is 69.2 Å². The quantitative estimate of drug-likeness (QED) is 0.809. The minimum absolute atomic E-state index is 0.341. The first-order valence-corrected chi connectivity index (χ1v) is 7.54. The predicted octanol–water partition coefficient (Wildman–Crippen LogP) is 5.00. The molecule has 0 bridgehead atoms. The van der Waals surface area contributed by atoms with E-state index in [0.717, 1.165) is 22.3 Å². The molecule has 0 aliphatic carbocycles. The topological polar surface area (TPSA) is 12.0 Å². The molecule has 1 nitrogen and oxygen atoms in total. The molecule has 0 radical (unpaired) electrons. The first-order chi connectivity index (χ1) is 9.20. The second kappa shape index (κ2) is 7.09. The molecule has 2 aromatic rings. The molecule has 0 fully saturated rings. The highest BCUT2D eigenvalue weighted by Gasteiger charge is 2.10. The van der Waals surface area contributed by atoms with Gasteiger partial charge >= 0.3 is 0 Å². The second-order valence-corrected chi connectivity index (χ2v) is 5.80. The van der Waals surface area contributed by atoms with Gasteiger partial charge in [-0.3, -0.25) is 0 Å². The van der Waals surface area contributed by atoms with Crippen LogP contribution in [-0.4, -0.2) is 7.05 Å². The van der Waals surface area contributed by atoms with Crippen LogP contribution in [0.15, 0.2) is 53.0 Å². The van der Waals surface area contributed by atoms with Crippen LogP contribution in [0.2, 0.25) is 5.02 Å². The fourth-order valence-electron chi connectivity index (χ4n) is 2.16. The van der Waals surface area contributed by atoms with Gasteiger partial charge < -0.3 is 5.32 Å². The van der Waals surface area contributed by atoms with Gasteiger partial charge in [0.25, 0.3) is 0 Å². The number of halogens is 2. The van der Waals surface area contributed by atoms with E-state index in [2.05, 4.69) is 63.7 Å². The van der Waals surface area contributed by atoms with Gasteiger partial charge in [-0.05, 0) is 59.1 Å². The molecule has 100 valence electrons. The first-order valence-electron chi connectivity index (χ1n) is 6.37. The van der Waals surface area contributed by atoms with Crippen molar-refractivity contribution >= 4 is 27.5 Å². The summed E-state index contributed by atoms with van der Waals surface area (Å²) in [6.45, 7) is 0. The Bertz CT molecular complexity index is 528. The Labute approximate surface area is 128 Å². The van der Waals surface area contributed by atoms with E-state index in [1.54, 1.807) is 0 Å². The Hall–Kier alpha value is -0.830. The van der Waals surface area contributed by atoms with Crippen LogP contribution in [0.5, 0.6) is 0 Å². The highest BCUT2D eigenvalue weighted by atomic mass is 79.9. The van der Waals surface area contributed by atoms with Crippen molar-refractivity contribution in [1.29, 1.82) is 0 Å². The second-order valence-electron chi connectivity index (χ2n) is 4.54. The Morgan fingerprint density at radius 1 is 1.16 bits per heavy atom. The molecule has 0 aliphatic rings. The van der Waals surface area contributed by atoms with E-state index in [1.165, 1.54) is 11.1 Å². The van der Waals surface area contributed by atoms with E-state index < -0.39 is 0 Å². The predicted molar refractivity (Wildman–Crippen MR) is 85.7 cm³/mol. The lowest BCUT2D eigenvalue weighted by Gasteiger charge is -2.17. The third-order valence-corrected chi connectivity index (χ3v) is 4.47. The maximum Gasteiger partial charge on any atom is 0.0548 e. The molecular weight excluding hydrogens is 322 g/mol. The normalized spacial score (nSPS) is 12.4. The van der Waals surface area contributed by atoms with Crippen molar-refractivity contribution < 1.29 is 0 Å². The zero-order valence-corrected chi connectivity index (χ0v) is 13.2. The molecule has 0 aliphatic heterocycles. The highest BCUT2D eigenvalue weighted by Crippen LogP contribution is 2.27. The van der Waals surface area contributed by atoms with Gasteiger partial charge in [0.15, 0.2) is 0 Å². The van der Waals surface area contributed by atoms with Gasteiger partial charge in [-0.2, -0.15) is 0 Å². The van der Waals surface area contributed by atoms with Crippen LogP contribution >= 0.6 is 27.5 Å². The minimum Gasteiger partial charge on any atom is -0.313 e. The first kappa shape index (κ1) is 14.6. The molecular formula is C16H17BrClN. The van der Waals surface area contributed by atoms with Crippen molar-refractivity contribution in [2.75, 3.05) is 7.05 Å². The van der Waals surface area contributed by atoms with Crippen LogP contribution in [0, 0.1) is 0 Å². The minimum atomic E-state index is 0.341. The summed E-state index contributed by atoms with van der Waals surface area (Å²) in [4.78, 5) is 0. The average Bonchev–Trinajstić information content (AvgIpc) is 2.44. The SMILES string of the molecule is CNC(CCc1ccccc1)c1ccc(Cl)c(Br)c1. The van der Waals surface area contributed by atoms with E-state index in [4.69, 9.17) is 11.6 Å². The van der Waals surface area contributed by atoms with Gasteiger partial charge in [-0.25, -0.2) is 0 Å². The lowest BCUT2D eigenvalue weighted by Crippen LogP contribution is -2.17. The number of rotatable bonds is 5.